The van der Waals surface area contributed by atoms with Gasteiger partial charge in [0.05, 0.1) is 24.5 Å². The molecule has 0 aliphatic rings. The van der Waals surface area contributed by atoms with Gasteiger partial charge in [-0.2, -0.15) is 13.2 Å². The second-order valence-corrected chi connectivity index (χ2v) is 6.67. The second kappa shape index (κ2) is 10.7. The highest BCUT2D eigenvalue weighted by atomic mass is 19.4. The van der Waals surface area contributed by atoms with Crippen molar-refractivity contribution in [3.8, 4) is 17.4 Å². The number of carbonyl (C=O) groups is 1. The molecule has 1 aromatic carbocycles. The summed E-state index contributed by atoms with van der Waals surface area (Å²) in [5.74, 6) is 0.735. The Morgan fingerprint density at radius 2 is 1.93 bits per heavy atom. The van der Waals surface area contributed by atoms with Crippen LogP contribution >= 0.6 is 0 Å². The van der Waals surface area contributed by atoms with Gasteiger partial charge < -0.3 is 19.0 Å². The number of rotatable bonds is 11. The first-order valence-electron chi connectivity index (χ1n) is 9.40. The lowest BCUT2D eigenvalue weighted by Gasteiger charge is -2.14. The third kappa shape index (κ3) is 7.09. The molecule has 1 heterocycles. The van der Waals surface area contributed by atoms with Crippen molar-refractivity contribution in [1.29, 1.82) is 0 Å². The highest BCUT2D eigenvalue weighted by Gasteiger charge is 2.32. The average molecular weight is 423 g/mol. The highest BCUT2D eigenvalue weighted by Crippen LogP contribution is 2.35. The Hall–Kier alpha value is -3.03. The molecule has 0 bridgehead atoms. The molecular weight excluding hydrogens is 399 g/mol. The molecule has 1 aromatic heterocycles. The van der Waals surface area contributed by atoms with Gasteiger partial charge in [-0.05, 0) is 43.5 Å². The van der Waals surface area contributed by atoms with Crippen LogP contribution < -0.4 is 14.2 Å². The average Bonchev–Trinajstić information content (AvgIpc) is 2.66. The minimum atomic E-state index is -4.53. The van der Waals surface area contributed by atoms with Gasteiger partial charge in [0, 0.05) is 25.1 Å². The van der Waals surface area contributed by atoms with Gasteiger partial charge in [0.1, 0.15) is 12.0 Å². The Balaban J connectivity index is 1.88. The van der Waals surface area contributed by atoms with Crippen molar-refractivity contribution in [2.45, 2.75) is 39.3 Å². The fraction of sp³-hybridized carbons (Fsp3) is 0.364. The molecule has 8 heteroatoms. The van der Waals surface area contributed by atoms with Crippen LogP contribution in [0, 0.1) is 6.92 Å². The van der Waals surface area contributed by atoms with E-state index in [1.165, 1.54) is 6.92 Å². The molecule has 0 atom stereocenters. The van der Waals surface area contributed by atoms with E-state index in [0.717, 1.165) is 23.5 Å². The number of aromatic nitrogens is 1. The maximum Gasteiger partial charge on any atom is 0.418 e. The van der Waals surface area contributed by atoms with Gasteiger partial charge in [0.2, 0.25) is 0 Å². The number of alkyl halides is 3. The Labute approximate surface area is 173 Å². The van der Waals surface area contributed by atoms with E-state index in [4.69, 9.17) is 14.2 Å². The van der Waals surface area contributed by atoms with Crippen LogP contribution in [0.3, 0.4) is 0 Å². The van der Waals surface area contributed by atoms with Gasteiger partial charge in [0.25, 0.3) is 5.88 Å². The minimum Gasteiger partial charge on any atom is -0.493 e. The second-order valence-electron chi connectivity index (χ2n) is 6.67. The lowest BCUT2D eigenvalue weighted by molar-refractivity contribution is -0.138. The van der Waals surface area contributed by atoms with Crippen LogP contribution in [0.1, 0.15) is 36.5 Å². The predicted octanol–water partition coefficient (Wildman–Crippen LogP) is 5.30. The van der Waals surface area contributed by atoms with E-state index in [1.807, 2.05) is 25.1 Å². The standard InChI is InChI=1S/C22H24F3NO4/c1-15(2)30-20-13-18(22(23,24)25)14-26-21(20)29-11-5-10-28-19-8-7-17(6-4-9-27)16(3)12-19/h7-9,12-14H,1,4-6,10-11H2,2-3H3. The molecule has 2 aromatic rings. The molecule has 0 saturated carbocycles. The largest absolute Gasteiger partial charge is 0.493 e. The first-order valence-corrected chi connectivity index (χ1v) is 9.40. The van der Waals surface area contributed by atoms with E-state index in [1.54, 1.807) is 0 Å². The number of ether oxygens (including phenoxy) is 3. The Morgan fingerprint density at radius 3 is 2.57 bits per heavy atom. The summed E-state index contributed by atoms with van der Waals surface area (Å²) < 4.78 is 55.0. The minimum absolute atomic E-state index is 0.0404. The van der Waals surface area contributed by atoms with Crippen LogP contribution in [0.5, 0.6) is 17.4 Å². The Bertz CT molecular complexity index is 881. The molecule has 5 nitrogen and oxygen atoms in total. The van der Waals surface area contributed by atoms with E-state index >= 15 is 0 Å². The number of aryl methyl sites for hydroxylation is 2. The molecule has 0 saturated heterocycles. The maximum atomic E-state index is 12.9. The van der Waals surface area contributed by atoms with Crippen molar-refractivity contribution >= 4 is 6.29 Å². The van der Waals surface area contributed by atoms with Crippen LogP contribution in [-0.4, -0.2) is 24.5 Å². The zero-order chi connectivity index (χ0) is 22.1. The fourth-order valence-electron chi connectivity index (χ4n) is 2.63. The van der Waals surface area contributed by atoms with Crippen LogP contribution in [0.4, 0.5) is 13.2 Å². The number of carbonyl (C=O) groups excluding carboxylic acids is 1. The maximum absolute atomic E-state index is 12.9. The number of nitrogens with zero attached hydrogens (tertiary/aromatic N) is 1. The van der Waals surface area contributed by atoms with Crippen molar-refractivity contribution < 1.29 is 32.2 Å². The molecular formula is C22H24F3NO4. The number of benzene rings is 1. The summed E-state index contributed by atoms with van der Waals surface area (Å²) in [4.78, 5) is 14.2. The topological polar surface area (TPSA) is 57.6 Å². The molecule has 162 valence electrons. The van der Waals surface area contributed by atoms with Crippen molar-refractivity contribution in [2.24, 2.45) is 0 Å². The highest BCUT2D eigenvalue weighted by molar-refractivity contribution is 5.50. The molecule has 0 radical (unpaired) electrons. The lowest BCUT2D eigenvalue weighted by Crippen LogP contribution is -2.10. The molecule has 0 fully saturated rings. The van der Waals surface area contributed by atoms with Gasteiger partial charge in [-0.3, -0.25) is 0 Å². The van der Waals surface area contributed by atoms with Crippen molar-refractivity contribution in [2.75, 3.05) is 13.2 Å². The van der Waals surface area contributed by atoms with Crippen molar-refractivity contribution in [3.05, 3.63) is 59.5 Å². The summed E-state index contributed by atoms with van der Waals surface area (Å²) >= 11 is 0. The number of halogens is 3. The fourth-order valence-corrected chi connectivity index (χ4v) is 2.63. The summed E-state index contributed by atoms with van der Waals surface area (Å²) in [5.41, 5.74) is 1.21. The summed E-state index contributed by atoms with van der Waals surface area (Å²) in [6.07, 6.45) is -1.28. The van der Waals surface area contributed by atoms with Crippen molar-refractivity contribution in [1.82, 2.24) is 4.98 Å². The number of hydrogen-bond donors (Lipinski definition) is 0. The molecule has 0 unspecified atom stereocenters. The summed E-state index contributed by atoms with van der Waals surface area (Å²) in [6.45, 7) is 7.54. The van der Waals surface area contributed by atoms with Crippen LogP contribution in [0.15, 0.2) is 42.8 Å². The van der Waals surface area contributed by atoms with Gasteiger partial charge in [-0.1, -0.05) is 12.6 Å². The van der Waals surface area contributed by atoms with E-state index < -0.39 is 11.7 Å². The van der Waals surface area contributed by atoms with Gasteiger partial charge in [-0.15, -0.1) is 0 Å². The SMILES string of the molecule is C=C(C)Oc1cc(C(F)(F)F)cnc1OCCCOc1ccc(CCC=O)c(C)c1. The first-order chi connectivity index (χ1) is 14.2. The van der Waals surface area contributed by atoms with Crippen LogP contribution in [0.2, 0.25) is 0 Å². The Kier molecular flexibility index (Phi) is 8.26. The van der Waals surface area contributed by atoms with E-state index in [9.17, 15) is 18.0 Å². The number of aldehydes is 1. The Morgan fingerprint density at radius 1 is 1.20 bits per heavy atom. The third-order valence-electron chi connectivity index (χ3n) is 4.07. The van der Waals surface area contributed by atoms with Crippen LogP contribution in [0.25, 0.3) is 0 Å². The third-order valence-corrected chi connectivity index (χ3v) is 4.07. The van der Waals surface area contributed by atoms with Crippen molar-refractivity contribution in [3.63, 3.8) is 0 Å². The molecule has 2 rings (SSSR count). The molecule has 0 aliphatic carbocycles. The molecule has 0 amide bonds. The van der Waals surface area contributed by atoms with Gasteiger partial charge in [-0.25, -0.2) is 4.98 Å². The van der Waals surface area contributed by atoms with Gasteiger partial charge in [0.15, 0.2) is 5.75 Å². The summed E-state index contributed by atoms with van der Waals surface area (Å²) in [5, 5.41) is 0. The van der Waals surface area contributed by atoms with E-state index in [0.29, 0.717) is 37.8 Å². The number of pyridine rings is 1. The summed E-state index contributed by atoms with van der Waals surface area (Å²) in [7, 11) is 0. The molecule has 0 aliphatic heterocycles. The molecule has 0 N–H and O–H groups in total. The smallest absolute Gasteiger partial charge is 0.418 e. The predicted molar refractivity (Wildman–Crippen MR) is 106 cm³/mol. The van der Waals surface area contributed by atoms with Crippen LogP contribution in [-0.2, 0) is 17.4 Å². The zero-order valence-corrected chi connectivity index (χ0v) is 16.9. The van der Waals surface area contributed by atoms with E-state index in [2.05, 4.69) is 11.6 Å². The molecule has 30 heavy (non-hydrogen) atoms. The zero-order valence-electron chi connectivity index (χ0n) is 16.9. The van der Waals surface area contributed by atoms with Gasteiger partial charge >= 0.3 is 6.18 Å². The normalized spacial score (nSPS) is 11.1. The summed E-state index contributed by atoms with van der Waals surface area (Å²) in [6, 6.07) is 6.50. The lowest BCUT2D eigenvalue weighted by atomic mass is 10.0. The first kappa shape index (κ1) is 23.3. The number of hydrogen-bond acceptors (Lipinski definition) is 5. The monoisotopic (exact) mass is 423 g/mol. The molecule has 0 spiro atoms. The number of allylic oxidation sites excluding steroid dienone is 1. The van der Waals surface area contributed by atoms with E-state index in [-0.39, 0.29) is 24.0 Å². The quantitative estimate of drug-likeness (QED) is 0.279.